The van der Waals surface area contributed by atoms with E-state index < -0.39 is 11.7 Å². The number of hydrogen-bond donors (Lipinski definition) is 3. The summed E-state index contributed by atoms with van der Waals surface area (Å²) in [4.78, 5) is 36.3. The highest BCUT2D eigenvalue weighted by Gasteiger charge is 2.19. The molecular formula is C32H51N3O4. The predicted octanol–water partition coefficient (Wildman–Crippen LogP) is 7.01. The van der Waals surface area contributed by atoms with E-state index in [1.54, 1.807) is 12.1 Å². The molecule has 0 aliphatic heterocycles. The van der Waals surface area contributed by atoms with Crippen LogP contribution in [0.25, 0.3) is 11.0 Å². The molecule has 0 bridgehead atoms. The van der Waals surface area contributed by atoms with Crippen LogP contribution in [0.4, 0.5) is 5.69 Å². The highest BCUT2D eigenvalue weighted by atomic mass is 16.4. The molecule has 1 heterocycles. The van der Waals surface area contributed by atoms with Crippen LogP contribution in [0.2, 0.25) is 0 Å². The van der Waals surface area contributed by atoms with Gasteiger partial charge in [-0.1, -0.05) is 77.6 Å². The van der Waals surface area contributed by atoms with Crippen LogP contribution in [0.3, 0.4) is 0 Å². The first-order valence-electron chi connectivity index (χ1n) is 15.2. The first kappa shape index (κ1) is 32.5. The summed E-state index contributed by atoms with van der Waals surface area (Å²) in [6.45, 7) is 7.48. The van der Waals surface area contributed by atoms with E-state index in [-0.39, 0.29) is 11.8 Å². The van der Waals surface area contributed by atoms with Gasteiger partial charge in [-0.05, 0) is 63.4 Å². The summed E-state index contributed by atoms with van der Waals surface area (Å²) in [7, 11) is 0. The molecule has 0 aliphatic carbocycles. The predicted molar refractivity (Wildman–Crippen MR) is 161 cm³/mol. The number of rotatable bonds is 21. The highest BCUT2D eigenvalue weighted by molar-refractivity contribution is 5.98. The van der Waals surface area contributed by atoms with Gasteiger partial charge in [0.15, 0.2) is 0 Å². The van der Waals surface area contributed by atoms with Gasteiger partial charge in [-0.3, -0.25) is 9.59 Å². The summed E-state index contributed by atoms with van der Waals surface area (Å²) in [6.07, 6.45) is 18.6. The van der Waals surface area contributed by atoms with Gasteiger partial charge in [-0.15, -0.1) is 0 Å². The fourth-order valence-electron chi connectivity index (χ4n) is 4.96. The van der Waals surface area contributed by atoms with E-state index in [0.717, 1.165) is 36.9 Å². The van der Waals surface area contributed by atoms with Crippen LogP contribution in [0.5, 0.6) is 0 Å². The number of amides is 2. The number of carbonyl (C=O) groups is 2. The second kappa shape index (κ2) is 19.4. The lowest BCUT2D eigenvalue weighted by atomic mass is 10.1. The van der Waals surface area contributed by atoms with Crippen molar-refractivity contribution in [3.05, 3.63) is 40.2 Å². The third-order valence-electron chi connectivity index (χ3n) is 7.22. The third-order valence-corrected chi connectivity index (χ3v) is 7.22. The largest absolute Gasteiger partial charge is 0.423 e. The Morgan fingerprint density at radius 2 is 1.41 bits per heavy atom. The molecule has 0 fully saturated rings. The van der Waals surface area contributed by atoms with Gasteiger partial charge in [0, 0.05) is 30.1 Å². The van der Waals surface area contributed by atoms with E-state index in [1.807, 2.05) is 13.0 Å². The molecular weight excluding hydrogens is 490 g/mol. The van der Waals surface area contributed by atoms with Crippen LogP contribution < -0.4 is 21.6 Å². The van der Waals surface area contributed by atoms with Crippen molar-refractivity contribution in [1.29, 1.82) is 0 Å². The summed E-state index contributed by atoms with van der Waals surface area (Å²) in [5, 5.41) is 9.95. The Balaban J connectivity index is 1.58. The number of aryl methyl sites for hydroxylation is 1. The maximum absolute atomic E-state index is 12.9. The van der Waals surface area contributed by atoms with Crippen molar-refractivity contribution in [3.63, 3.8) is 0 Å². The Kier molecular flexibility index (Phi) is 16.2. The van der Waals surface area contributed by atoms with E-state index in [1.165, 1.54) is 90.0 Å². The van der Waals surface area contributed by atoms with E-state index in [0.29, 0.717) is 17.7 Å². The molecule has 218 valence electrons. The van der Waals surface area contributed by atoms with Gasteiger partial charge in [-0.2, -0.15) is 0 Å². The SMILES string of the molecule is CCCCCCCCCCCCCCNCCCC[C@H](NC(C)=O)C(=O)Nc1ccc2c(C)cc(=O)oc2c1. The monoisotopic (exact) mass is 541 g/mol. The molecule has 0 saturated heterocycles. The molecule has 2 rings (SSSR count). The maximum atomic E-state index is 12.9. The first-order valence-corrected chi connectivity index (χ1v) is 15.2. The minimum absolute atomic E-state index is 0.236. The fourth-order valence-corrected chi connectivity index (χ4v) is 4.96. The standard InChI is InChI=1S/C32H51N3O4/c1-4-5-6-7-8-9-10-11-12-13-14-16-21-33-22-17-15-18-29(34-26(3)36)32(38)35-27-19-20-28-25(2)23-31(37)39-30(28)24-27/h19-20,23-24,29,33H,4-18,21-22H2,1-3H3,(H,34,36)(H,35,38)/t29-/m0/s1. The molecule has 3 N–H and O–H groups in total. The molecule has 0 spiro atoms. The molecule has 7 nitrogen and oxygen atoms in total. The lowest BCUT2D eigenvalue weighted by Gasteiger charge is -2.18. The Hall–Kier alpha value is -2.67. The Morgan fingerprint density at radius 3 is 2.03 bits per heavy atom. The molecule has 1 atom stereocenters. The first-order chi connectivity index (χ1) is 18.9. The lowest BCUT2D eigenvalue weighted by molar-refractivity contribution is -0.125. The topological polar surface area (TPSA) is 100 Å². The fraction of sp³-hybridized carbons (Fsp3) is 0.656. The van der Waals surface area contributed by atoms with Crippen molar-refractivity contribution in [2.24, 2.45) is 0 Å². The normalized spacial score (nSPS) is 12.0. The molecule has 2 amide bonds. The maximum Gasteiger partial charge on any atom is 0.336 e. The van der Waals surface area contributed by atoms with Crippen molar-refractivity contribution < 1.29 is 14.0 Å². The molecule has 0 unspecified atom stereocenters. The van der Waals surface area contributed by atoms with E-state index in [2.05, 4.69) is 22.9 Å². The number of fused-ring (bicyclic) bond motifs is 1. The van der Waals surface area contributed by atoms with Crippen molar-refractivity contribution >= 4 is 28.5 Å². The van der Waals surface area contributed by atoms with Gasteiger partial charge >= 0.3 is 5.63 Å². The average Bonchev–Trinajstić information content (AvgIpc) is 2.89. The van der Waals surface area contributed by atoms with Crippen LogP contribution in [-0.4, -0.2) is 30.9 Å². The van der Waals surface area contributed by atoms with Crippen LogP contribution in [0, 0.1) is 6.92 Å². The second-order valence-corrected chi connectivity index (χ2v) is 10.8. The number of nitrogens with one attached hydrogen (secondary N) is 3. The Bertz CT molecular complexity index is 1050. The van der Waals surface area contributed by atoms with E-state index >= 15 is 0 Å². The van der Waals surface area contributed by atoms with Crippen LogP contribution in [-0.2, 0) is 9.59 Å². The van der Waals surface area contributed by atoms with Crippen molar-refractivity contribution in [2.45, 2.75) is 123 Å². The molecule has 2 aromatic rings. The minimum atomic E-state index is -0.612. The third kappa shape index (κ3) is 13.8. The average molecular weight is 542 g/mol. The number of hydrogen-bond acceptors (Lipinski definition) is 5. The summed E-state index contributed by atoms with van der Waals surface area (Å²) >= 11 is 0. The number of unbranched alkanes of at least 4 members (excludes halogenated alkanes) is 12. The zero-order chi connectivity index (χ0) is 28.3. The van der Waals surface area contributed by atoms with Gasteiger partial charge in [0.1, 0.15) is 11.6 Å². The molecule has 0 radical (unpaired) electrons. The van der Waals surface area contributed by atoms with E-state index in [4.69, 9.17) is 4.42 Å². The van der Waals surface area contributed by atoms with Gasteiger partial charge < -0.3 is 20.4 Å². The van der Waals surface area contributed by atoms with Crippen LogP contribution in [0.1, 0.15) is 116 Å². The van der Waals surface area contributed by atoms with Crippen molar-refractivity contribution in [1.82, 2.24) is 10.6 Å². The zero-order valence-corrected chi connectivity index (χ0v) is 24.5. The molecule has 7 heteroatoms. The summed E-state index contributed by atoms with van der Waals surface area (Å²) in [5.41, 5.74) is 1.35. The minimum Gasteiger partial charge on any atom is -0.423 e. The number of benzene rings is 1. The number of anilines is 1. The number of carbonyl (C=O) groups excluding carboxylic acids is 2. The lowest BCUT2D eigenvalue weighted by Crippen LogP contribution is -2.42. The van der Waals surface area contributed by atoms with Gasteiger partial charge in [0.05, 0.1) is 0 Å². The quantitative estimate of drug-likeness (QED) is 0.117. The van der Waals surface area contributed by atoms with Crippen molar-refractivity contribution in [3.8, 4) is 0 Å². The Morgan fingerprint density at radius 1 is 0.821 bits per heavy atom. The van der Waals surface area contributed by atoms with E-state index in [9.17, 15) is 14.4 Å². The van der Waals surface area contributed by atoms with Gasteiger partial charge in [0.25, 0.3) is 0 Å². The van der Waals surface area contributed by atoms with Gasteiger partial charge in [-0.25, -0.2) is 4.79 Å². The molecule has 0 aliphatic rings. The zero-order valence-electron chi connectivity index (χ0n) is 24.5. The molecule has 39 heavy (non-hydrogen) atoms. The van der Waals surface area contributed by atoms with Crippen LogP contribution in [0.15, 0.2) is 33.5 Å². The Labute approximate surface area is 234 Å². The summed E-state index contributed by atoms with van der Waals surface area (Å²) in [6, 6.07) is 6.07. The summed E-state index contributed by atoms with van der Waals surface area (Å²) < 4.78 is 5.27. The highest BCUT2D eigenvalue weighted by Crippen LogP contribution is 2.21. The smallest absolute Gasteiger partial charge is 0.336 e. The van der Waals surface area contributed by atoms with Crippen molar-refractivity contribution in [2.75, 3.05) is 18.4 Å². The summed E-state index contributed by atoms with van der Waals surface area (Å²) in [5.74, 6) is -0.510. The molecule has 1 aromatic carbocycles. The second-order valence-electron chi connectivity index (χ2n) is 10.8. The molecule has 1 aromatic heterocycles. The van der Waals surface area contributed by atoms with Gasteiger partial charge in [0.2, 0.25) is 11.8 Å². The molecule has 0 saturated carbocycles. The van der Waals surface area contributed by atoms with Crippen LogP contribution >= 0.6 is 0 Å².